The minimum atomic E-state index is -0.852. The Balaban J connectivity index is 1.48. The molecule has 0 fully saturated rings. The van der Waals surface area contributed by atoms with Gasteiger partial charge in [-0.25, -0.2) is 13.9 Å². The van der Waals surface area contributed by atoms with Gasteiger partial charge in [0.25, 0.3) is 17.0 Å². The van der Waals surface area contributed by atoms with Gasteiger partial charge < -0.3 is 10.3 Å². The standard InChI is InChI=1S/C22H18FN5O4S/c23-16-5-2-1-4-14(16)13-27-21(31)15(12-25-22(27)32)20(30)24-9-10-28-19(29)8-7-17(26-28)18-6-3-11-33-18/h1-8,11-12H,9-10,13H2,(H,24,30)(H,25,32). The summed E-state index contributed by atoms with van der Waals surface area (Å²) in [5.74, 6) is -1.30. The number of nitrogens with zero attached hydrogens (tertiary/aromatic N) is 3. The number of thiophene rings is 1. The van der Waals surface area contributed by atoms with Crippen molar-refractivity contribution in [1.29, 1.82) is 0 Å². The van der Waals surface area contributed by atoms with Gasteiger partial charge in [0.1, 0.15) is 17.1 Å². The predicted molar refractivity (Wildman–Crippen MR) is 121 cm³/mol. The van der Waals surface area contributed by atoms with Crippen molar-refractivity contribution in [1.82, 2.24) is 24.6 Å². The zero-order chi connectivity index (χ0) is 23.4. The molecule has 0 saturated heterocycles. The summed E-state index contributed by atoms with van der Waals surface area (Å²) in [6.07, 6.45) is 1.01. The SMILES string of the molecule is O=C(NCCn1nc(-c2cccs2)ccc1=O)c1c[nH]c(=O)n(Cc2ccccc2F)c1=O. The Labute approximate surface area is 189 Å². The molecule has 0 aliphatic carbocycles. The highest BCUT2D eigenvalue weighted by Gasteiger charge is 2.16. The van der Waals surface area contributed by atoms with Gasteiger partial charge in [0.2, 0.25) is 0 Å². The van der Waals surface area contributed by atoms with E-state index in [0.717, 1.165) is 15.6 Å². The third-order valence-electron chi connectivity index (χ3n) is 4.84. The molecule has 1 amide bonds. The normalized spacial score (nSPS) is 10.8. The van der Waals surface area contributed by atoms with Gasteiger partial charge in [-0.05, 0) is 23.6 Å². The largest absolute Gasteiger partial charge is 0.350 e. The average Bonchev–Trinajstić information content (AvgIpc) is 3.34. The first-order chi connectivity index (χ1) is 15.9. The quantitative estimate of drug-likeness (QED) is 0.426. The molecule has 4 rings (SSSR count). The molecule has 4 aromatic rings. The summed E-state index contributed by atoms with van der Waals surface area (Å²) in [6, 6.07) is 12.5. The minimum absolute atomic E-state index is 0.0194. The lowest BCUT2D eigenvalue weighted by molar-refractivity contribution is 0.0949. The van der Waals surface area contributed by atoms with Crippen LogP contribution in [0.25, 0.3) is 10.6 Å². The van der Waals surface area contributed by atoms with E-state index in [9.17, 15) is 23.6 Å². The van der Waals surface area contributed by atoms with Crippen molar-refractivity contribution >= 4 is 17.2 Å². The molecule has 0 radical (unpaired) electrons. The smallest absolute Gasteiger partial charge is 0.328 e. The molecule has 0 aliphatic rings. The topological polar surface area (TPSA) is 119 Å². The number of aromatic nitrogens is 4. The molecule has 0 saturated carbocycles. The van der Waals surface area contributed by atoms with Crippen molar-refractivity contribution in [2.45, 2.75) is 13.1 Å². The van der Waals surface area contributed by atoms with Crippen LogP contribution in [-0.2, 0) is 13.1 Å². The molecule has 33 heavy (non-hydrogen) atoms. The Morgan fingerprint density at radius 3 is 2.67 bits per heavy atom. The zero-order valence-electron chi connectivity index (χ0n) is 17.2. The molecule has 0 atom stereocenters. The number of amides is 1. The van der Waals surface area contributed by atoms with Crippen LogP contribution in [0.3, 0.4) is 0 Å². The summed E-state index contributed by atoms with van der Waals surface area (Å²) in [5, 5.41) is 8.74. The number of carbonyl (C=O) groups is 1. The van der Waals surface area contributed by atoms with Crippen molar-refractivity contribution < 1.29 is 9.18 Å². The van der Waals surface area contributed by atoms with Gasteiger partial charge in [0, 0.05) is 24.4 Å². The van der Waals surface area contributed by atoms with E-state index < -0.39 is 23.0 Å². The van der Waals surface area contributed by atoms with Gasteiger partial charge in [-0.3, -0.25) is 19.0 Å². The molecule has 2 N–H and O–H groups in total. The van der Waals surface area contributed by atoms with Crippen LogP contribution in [0.2, 0.25) is 0 Å². The second-order valence-electron chi connectivity index (χ2n) is 7.00. The van der Waals surface area contributed by atoms with Gasteiger partial charge in [-0.1, -0.05) is 24.3 Å². The molecule has 3 heterocycles. The van der Waals surface area contributed by atoms with E-state index in [0.29, 0.717) is 5.69 Å². The Bertz CT molecular complexity index is 1470. The summed E-state index contributed by atoms with van der Waals surface area (Å²) in [5.41, 5.74) is -1.49. The summed E-state index contributed by atoms with van der Waals surface area (Å²) in [4.78, 5) is 52.7. The van der Waals surface area contributed by atoms with Gasteiger partial charge in [-0.15, -0.1) is 11.3 Å². The monoisotopic (exact) mass is 467 g/mol. The first-order valence-corrected chi connectivity index (χ1v) is 10.8. The second-order valence-corrected chi connectivity index (χ2v) is 7.95. The highest BCUT2D eigenvalue weighted by Crippen LogP contribution is 2.20. The highest BCUT2D eigenvalue weighted by molar-refractivity contribution is 7.13. The van der Waals surface area contributed by atoms with Crippen LogP contribution >= 0.6 is 11.3 Å². The fraction of sp³-hybridized carbons (Fsp3) is 0.136. The van der Waals surface area contributed by atoms with Gasteiger partial charge in [0.15, 0.2) is 0 Å². The van der Waals surface area contributed by atoms with E-state index >= 15 is 0 Å². The lowest BCUT2D eigenvalue weighted by Crippen LogP contribution is -2.41. The molecule has 0 unspecified atom stereocenters. The molecule has 1 aromatic carbocycles. The van der Waals surface area contributed by atoms with Crippen molar-refractivity contribution in [2.24, 2.45) is 0 Å². The number of rotatable bonds is 7. The Morgan fingerprint density at radius 2 is 1.91 bits per heavy atom. The molecule has 9 nitrogen and oxygen atoms in total. The molecule has 0 spiro atoms. The van der Waals surface area contributed by atoms with Gasteiger partial charge >= 0.3 is 5.69 Å². The first-order valence-electron chi connectivity index (χ1n) is 9.90. The van der Waals surface area contributed by atoms with Crippen LogP contribution in [0.15, 0.2) is 74.5 Å². The average molecular weight is 467 g/mol. The third-order valence-corrected chi connectivity index (χ3v) is 5.73. The lowest BCUT2D eigenvalue weighted by atomic mass is 10.2. The van der Waals surface area contributed by atoms with E-state index in [-0.39, 0.29) is 36.3 Å². The van der Waals surface area contributed by atoms with Gasteiger partial charge in [0.05, 0.1) is 18.0 Å². The van der Waals surface area contributed by atoms with E-state index in [1.54, 1.807) is 12.1 Å². The molecule has 11 heteroatoms. The molecule has 3 aromatic heterocycles. The first kappa shape index (κ1) is 22.1. The van der Waals surface area contributed by atoms with Crippen LogP contribution in [-0.4, -0.2) is 31.8 Å². The van der Waals surface area contributed by atoms with E-state index in [4.69, 9.17) is 0 Å². The van der Waals surface area contributed by atoms with Crippen molar-refractivity contribution in [3.05, 3.63) is 108 Å². The lowest BCUT2D eigenvalue weighted by Gasteiger charge is -2.10. The number of nitrogens with one attached hydrogen (secondary N) is 2. The summed E-state index contributed by atoms with van der Waals surface area (Å²) in [7, 11) is 0. The molecular weight excluding hydrogens is 449 g/mol. The van der Waals surface area contributed by atoms with Crippen LogP contribution in [0.4, 0.5) is 4.39 Å². The number of benzene rings is 1. The number of hydrogen-bond donors (Lipinski definition) is 2. The summed E-state index contributed by atoms with van der Waals surface area (Å²) >= 11 is 1.48. The number of H-pyrrole nitrogens is 1. The van der Waals surface area contributed by atoms with E-state index in [2.05, 4.69) is 15.4 Å². The molecule has 0 bridgehead atoms. The maximum atomic E-state index is 13.9. The molecule has 0 aliphatic heterocycles. The molecule has 168 valence electrons. The summed E-state index contributed by atoms with van der Waals surface area (Å²) < 4.78 is 15.9. The predicted octanol–water partition coefficient (Wildman–Crippen LogP) is 1.44. The van der Waals surface area contributed by atoms with Crippen molar-refractivity contribution in [3.63, 3.8) is 0 Å². The fourth-order valence-electron chi connectivity index (χ4n) is 3.15. The van der Waals surface area contributed by atoms with Crippen LogP contribution in [0, 0.1) is 5.82 Å². The van der Waals surface area contributed by atoms with Crippen molar-refractivity contribution in [3.8, 4) is 10.6 Å². The maximum absolute atomic E-state index is 13.9. The van der Waals surface area contributed by atoms with Crippen LogP contribution in [0.1, 0.15) is 15.9 Å². The van der Waals surface area contributed by atoms with Crippen LogP contribution < -0.4 is 22.1 Å². The molecular formula is C22H18FN5O4S. The highest BCUT2D eigenvalue weighted by atomic mass is 32.1. The van der Waals surface area contributed by atoms with E-state index in [1.807, 2.05) is 17.5 Å². The maximum Gasteiger partial charge on any atom is 0.328 e. The number of hydrogen-bond acceptors (Lipinski definition) is 6. The number of aromatic amines is 1. The number of carbonyl (C=O) groups excluding carboxylic acids is 1. The van der Waals surface area contributed by atoms with E-state index in [1.165, 1.54) is 40.3 Å². The number of halogens is 1. The zero-order valence-corrected chi connectivity index (χ0v) is 18.0. The Morgan fingerprint density at radius 1 is 1.09 bits per heavy atom. The third kappa shape index (κ3) is 4.88. The second kappa shape index (κ2) is 9.57. The summed E-state index contributed by atoms with van der Waals surface area (Å²) in [6.45, 7) is -0.223. The fourth-order valence-corrected chi connectivity index (χ4v) is 3.84. The Hall–Kier alpha value is -4.12. The minimum Gasteiger partial charge on any atom is -0.350 e. The Kier molecular flexibility index (Phi) is 6.41. The van der Waals surface area contributed by atoms with Crippen molar-refractivity contribution in [2.75, 3.05) is 6.54 Å². The van der Waals surface area contributed by atoms with Crippen LogP contribution in [0.5, 0.6) is 0 Å². The van der Waals surface area contributed by atoms with Gasteiger partial charge in [-0.2, -0.15) is 5.10 Å².